The van der Waals surface area contributed by atoms with Gasteiger partial charge >= 0.3 is 6.18 Å². The lowest BCUT2D eigenvalue weighted by molar-refractivity contribution is -0.137. The molecule has 0 saturated carbocycles. The molecule has 0 aliphatic rings. The van der Waals surface area contributed by atoms with Crippen molar-refractivity contribution in [1.29, 1.82) is 5.26 Å². The van der Waals surface area contributed by atoms with Gasteiger partial charge in [0, 0.05) is 12.1 Å². The Hall–Kier alpha value is -3.93. The van der Waals surface area contributed by atoms with Gasteiger partial charge in [-0.2, -0.15) is 23.5 Å². The molecular weight excluding hydrogens is 409 g/mol. The minimum absolute atomic E-state index is 0.0791. The average Bonchev–Trinajstić information content (AvgIpc) is 2.74. The Balaban J connectivity index is 2.01. The van der Waals surface area contributed by atoms with Crippen molar-refractivity contribution in [2.75, 3.05) is 0 Å². The molecule has 9 heteroatoms. The molecule has 3 aromatic rings. The monoisotopic (exact) mass is 426 g/mol. The molecule has 2 aromatic carbocycles. The van der Waals surface area contributed by atoms with Crippen molar-refractivity contribution in [2.24, 2.45) is 10.2 Å². The van der Waals surface area contributed by atoms with E-state index in [1.54, 1.807) is 0 Å². The summed E-state index contributed by atoms with van der Waals surface area (Å²) in [5.41, 5.74) is -1.05. The molecule has 31 heavy (non-hydrogen) atoms. The van der Waals surface area contributed by atoms with Crippen molar-refractivity contribution >= 4 is 11.4 Å². The van der Waals surface area contributed by atoms with Crippen molar-refractivity contribution < 1.29 is 18.3 Å². The van der Waals surface area contributed by atoms with E-state index < -0.39 is 23.2 Å². The summed E-state index contributed by atoms with van der Waals surface area (Å²) in [5, 5.41) is 27.4. The SMILES string of the molecule is Cc1c(C#N)c(O)n(CCc2ccccc2)c(=O)c1N=Nc1cccc(C(F)(F)F)c1. The highest BCUT2D eigenvalue weighted by Crippen LogP contribution is 2.32. The van der Waals surface area contributed by atoms with E-state index in [1.807, 2.05) is 36.4 Å². The number of hydrogen-bond donors (Lipinski definition) is 1. The molecule has 0 unspecified atom stereocenters. The van der Waals surface area contributed by atoms with Crippen LogP contribution in [-0.4, -0.2) is 9.67 Å². The number of benzene rings is 2. The molecule has 0 aliphatic carbocycles. The molecule has 0 amide bonds. The van der Waals surface area contributed by atoms with Gasteiger partial charge in [0.2, 0.25) is 5.88 Å². The number of rotatable bonds is 5. The van der Waals surface area contributed by atoms with Gasteiger partial charge in [-0.3, -0.25) is 9.36 Å². The number of pyridine rings is 1. The summed E-state index contributed by atoms with van der Waals surface area (Å²) in [4.78, 5) is 12.9. The van der Waals surface area contributed by atoms with E-state index in [4.69, 9.17) is 0 Å². The van der Waals surface area contributed by atoms with Gasteiger partial charge in [0.05, 0.1) is 11.3 Å². The van der Waals surface area contributed by atoms with Gasteiger partial charge in [0.1, 0.15) is 11.6 Å². The fourth-order valence-electron chi connectivity index (χ4n) is 3.00. The van der Waals surface area contributed by atoms with Crippen LogP contribution >= 0.6 is 0 Å². The molecule has 0 saturated heterocycles. The zero-order chi connectivity index (χ0) is 22.6. The van der Waals surface area contributed by atoms with Crippen molar-refractivity contribution in [3.05, 3.63) is 87.2 Å². The first-order valence-corrected chi connectivity index (χ1v) is 9.21. The van der Waals surface area contributed by atoms with Gasteiger partial charge in [0.25, 0.3) is 5.56 Å². The van der Waals surface area contributed by atoms with Crippen LogP contribution in [0.1, 0.15) is 22.3 Å². The van der Waals surface area contributed by atoms with Crippen LogP contribution in [0.15, 0.2) is 69.6 Å². The molecule has 3 rings (SSSR count). The number of aromatic nitrogens is 1. The maximum atomic E-state index is 12.9. The van der Waals surface area contributed by atoms with Crippen LogP contribution in [0.2, 0.25) is 0 Å². The van der Waals surface area contributed by atoms with Gasteiger partial charge in [-0.1, -0.05) is 36.4 Å². The maximum Gasteiger partial charge on any atom is 0.416 e. The Labute approximate surface area is 175 Å². The first-order chi connectivity index (χ1) is 14.7. The molecule has 1 aromatic heterocycles. The zero-order valence-corrected chi connectivity index (χ0v) is 16.4. The molecule has 0 fully saturated rings. The number of hydrogen-bond acceptors (Lipinski definition) is 5. The van der Waals surface area contributed by atoms with Crippen molar-refractivity contribution in [3.63, 3.8) is 0 Å². The lowest BCUT2D eigenvalue weighted by Crippen LogP contribution is -2.22. The second-order valence-corrected chi connectivity index (χ2v) is 6.72. The standard InChI is InChI=1S/C22H17F3N4O2/c1-14-18(13-26)20(30)29(11-10-15-6-3-2-4-7-15)21(31)19(14)28-27-17-9-5-8-16(12-17)22(23,24)25/h2-9,12,30H,10-11H2,1H3. The largest absolute Gasteiger partial charge is 0.493 e. The lowest BCUT2D eigenvalue weighted by Gasteiger charge is -2.13. The van der Waals surface area contributed by atoms with Crippen LogP contribution in [0.5, 0.6) is 5.88 Å². The fourth-order valence-corrected chi connectivity index (χ4v) is 3.00. The Morgan fingerprint density at radius 1 is 1.10 bits per heavy atom. The summed E-state index contributed by atoms with van der Waals surface area (Å²) >= 11 is 0. The number of halogens is 3. The average molecular weight is 426 g/mol. The molecule has 0 spiro atoms. The number of nitriles is 1. The molecule has 0 radical (unpaired) electrons. The molecule has 1 N–H and O–H groups in total. The van der Waals surface area contributed by atoms with Crippen LogP contribution in [0.25, 0.3) is 0 Å². The number of azo groups is 1. The van der Waals surface area contributed by atoms with Gasteiger partial charge in [-0.25, -0.2) is 0 Å². The first kappa shape index (κ1) is 21.8. The third kappa shape index (κ3) is 4.80. The van der Waals surface area contributed by atoms with Crippen LogP contribution < -0.4 is 5.56 Å². The predicted molar refractivity (Wildman–Crippen MR) is 108 cm³/mol. The van der Waals surface area contributed by atoms with E-state index in [0.29, 0.717) is 6.42 Å². The third-order valence-electron chi connectivity index (χ3n) is 4.67. The highest BCUT2D eigenvalue weighted by molar-refractivity contribution is 5.57. The Bertz CT molecular complexity index is 1230. The summed E-state index contributed by atoms with van der Waals surface area (Å²) in [6, 6.07) is 15.3. The van der Waals surface area contributed by atoms with Crippen molar-refractivity contribution in [3.8, 4) is 11.9 Å². The number of aryl methyl sites for hydroxylation is 1. The van der Waals surface area contributed by atoms with E-state index in [-0.39, 0.29) is 29.0 Å². The smallest absolute Gasteiger partial charge is 0.416 e. The van der Waals surface area contributed by atoms with Crippen molar-refractivity contribution in [1.82, 2.24) is 4.57 Å². The lowest BCUT2D eigenvalue weighted by atomic mass is 10.1. The van der Waals surface area contributed by atoms with Crippen LogP contribution in [0, 0.1) is 18.3 Å². The quantitative estimate of drug-likeness (QED) is 0.553. The molecule has 0 atom stereocenters. The minimum Gasteiger partial charge on any atom is -0.493 e. The van der Waals surface area contributed by atoms with E-state index in [1.165, 1.54) is 19.1 Å². The van der Waals surface area contributed by atoms with E-state index in [0.717, 1.165) is 22.3 Å². The normalized spacial score (nSPS) is 11.6. The molecule has 1 heterocycles. The Morgan fingerprint density at radius 2 is 1.81 bits per heavy atom. The van der Waals surface area contributed by atoms with Gasteiger partial charge < -0.3 is 5.11 Å². The second kappa shape index (κ2) is 8.83. The van der Waals surface area contributed by atoms with Crippen LogP contribution in [0.4, 0.5) is 24.5 Å². The van der Waals surface area contributed by atoms with E-state index >= 15 is 0 Å². The molecule has 0 aliphatic heterocycles. The Morgan fingerprint density at radius 3 is 2.45 bits per heavy atom. The van der Waals surface area contributed by atoms with Gasteiger partial charge in [-0.15, -0.1) is 5.11 Å². The van der Waals surface area contributed by atoms with Crippen LogP contribution in [-0.2, 0) is 19.1 Å². The number of nitrogens with zero attached hydrogens (tertiary/aromatic N) is 4. The van der Waals surface area contributed by atoms with Gasteiger partial charge in [-0.05, 0) is 37.1 Å². The second-order valence-electron chi connectivity index (χ2n) is 6.72. The molecular formula is C22H17F3N4O2. The fraction of sp³-hybridized carbons (Fsp3) is 0.182. The third-order valence-corrected chi connectivity index (χ3v) is 4.67. The summed E-state index contributed by atoms with van der Waals surface area (Å²) in [7, 11) is 0. The number of aromatic hydroxyl groups is 1. The zero-order valence-electron chi connectivity index (χ0n) is 16.4. The highest BCUT2D eigenvalue weighted by atomic mass is 19.4. The molecule has 158 valence electrons. The van der Waals surface area contributed by atoms with Gasteiger partial charge in [0.15, 0.2) is 5.69 Å². The maximum absolute atomic E-state index is 12.9. The first-order valence-electron chi connectivity index (χ1n) is 9.21. The summed E-state index contributed by atoms with van der Waals surface area (Å²) in [6.07, 6.45) is -4.13. The highest BCUT2D eigenvalue weighted by Gasteiger charge is 2.30. The Kier molecular flexibility index (Phi) is 6.20. The predicted octanol–water partition coefficient (Wildman–Crippen LogP) is 5.41. The summed E-state index contributed by atoms with van der Waals surface area (Å²) in [5.74, 6) is -0.487. The van der Waals surface area contributed by atoms with Crippen molar-refractivity contribution in [2.45, 2.75) is 26.1 Å². The topological polar surface area (TPSA) is 90.7 Å². The summed E-state index contributed by atoms with van der Waals surface area (Å²) < 4.78 is 39.7. The van der Waals surface area contributed by atoms with Crippen LogP contribution in [0.3, 0.4) is 0 Å². The van der Waals surface area contributed by atoms with E-state index in [2.05, 4.69) is 10.2 Å². The number of alkyl halides is 3. The van der Waals surface area contributed by atoms with E-state index in [9.17, 15) is 28.3 Å². The molecule has 6 nitrogen and oxygen atoms in total. The molecule has 0 bridgehead atoms. The minimum atomic E-state index is -4.54. The summed E-state index contributed by atoms with van der Waals surface area (Å²) in [6.45, 7) is 1.50.